The summed E-state index contributed by atoms with van der Waals surface area (Å²) in [6.45, 7) is 7.37. The first kappa shape index (κ1) is 22.7. The normalized spacial score (nSPS) is 14.6. The lowest BCUT2D eigenvalue weighted by Gasteiger charge is -2.36. The van der Waals surface area contributed by atoms with Gasteiger partial charge in [-0.3, -0.25) is 4.99 Å². The molecule has 0 saturated carbocycles. The minimum Gasteiger partial charge on any atom is -0.494 e. The van der Waals surface area contributed by atoms with Crippen molar-refractivity contribution in [2.45, 2.75) is 19.8 Å². The molecular weight excluding hydrogens is 487 g/mol. The largest absolute Gasteiger partial charge is 0.494 e. The molecule has 1 saturated heterocycles. The number of ether oxygens (including phenoxy) is 1. The molecule has 0 atom stereocenters. The van der Waals surface area contributed by atoms with E-state index < -0.39 is 0 Å². The van der Waals surface area contributed by atoms with Crippen LogP contribution in [0.2, 0.25) is 0 Å². The minimum atomic E-state index is 0. The molecule has 0 amide bonds. The second-order valence-corrected chi connectivity index (χ2v) is 7.04. The number of hydrogen-bond donors (Lipinski definition) is 1. The van der Waals surface area contributed by atoms with Gasteiger partial charge >= 0.3 is 0 Å². The highest BCUT2D eigenvalue weighted by atomic mass is 127. The fourth-order valence-corrected chi connectivity index (χ4v) is 3.74. The Bertz CT molecular complexity index is 718. The molecule has 2 heterocycles. The molecule has 1 N–H and O–H groups in total. The Kier molecular flexibility index (Phi) is 9.76. The lowest BCUT2D eigenvalue weighted by Crippen LogP contribution is -2.52. The molecule has 0 unspecified atom stereocenters. The number of guanidine groups is 1. The first-order chi connectivity index (χ1) is 13.3. The third-order valence-corrected chi connectivity index (χ3v) is 5.27. The smallest absolute Gasteiger partial charge is 0.205 e. The maximum absolute atomic E-state index is 5.73. The van der Waals surface area contributed by atoms with Crippen LogP contribution in [-0.2, 0) is 6.42 Å². The Morgan fingerprint density at radius 1 is 1.21 bits per heavy atom. The molecule has 1 fully saturated rings. The SMILES string of the molecule is CCc1nsc(N2CCN(C(=NC)NCCCOc3ccccc3)CC2)n1.I. The van der Waals surface area contributed by atoms with E-state index in [2.05, 4.69) is 36.4 Å². The standard InChI is InChI=1S/C19H28N6OS.HI/c1-3-17-22-19(27-23-17)25-13-11-24(12-14-25)18(20-2)21-10-7-15-26-16-8-5-4-6-9-16;/h4-6,8-9H,3,7,10-15H2,1-2H3,(H,20,21);1H. The number of aryl methyl sites for hydroxylation is 1. The Balaban J connectivity index is 0.00000280. The van der Waals surface area contributed by atoms with Crippen LogP contribution in [0.3, 0.4) is 0 Å². The zero-order chi connectivity index (χ0) is 18.9. The van der Waals surface area contributed by atoms with Gasteiger partial charge in [0, 0.05) is 57.7 Å². The van der Waals surface area contributed by atoms with Crippen LogP contribution in [0, 0.1) is 0 Å². The Hall–Kier alpha value is -1.62. The average Bonchev–Trinajstić information content (AvgIpc) is 3.21. The molecule has 2 aromatic rings. The van der Waals surface area contributed by atoms with Gasteiger partial charge in [-0.1, -0.05) is 25.1 Å². The Labute approximate surface area is 188 Å². The van der Waals surface area contributed by atoms with Crippen molar-refractivity contribution in [2.75, 3.05) is 51.3 Å². The molecule has 154 valence electrons. The molecule has 28 heavy (non-hydrogen) atoms. The lowest BCUT2D eigenvalue weighted by molar-refractivity contribution is 0.309. The highest BCUT2D eigenvalue weighted by Gasteiger charge is 2.21. The van der Waals surface area contributed by atoms with Gasteiger partial charge in [-0.25, -0.2) is 4.98 Å². The van der Waals surface area contributed by atoms with Gasteiger partial charge in [-0.2, -0.15) is 4.37 Å². The molecule has 1 aliphatic rings. The predicted molar refractivity (Wildman–Crippen MR) is 126 cm³/mol. The number of nitrogens with one attached hydrogen (secondary N) is 1. The monoisotopic (exact) mass is 516 g/mol. The van der Waals surface area contributed by atoms with E-state index in [1.807, 2.05) is 37.4 Å². The second-order valence-electron chi connectivity index (χ2n) is 6.31. The van der Waals surface area contributed by atoms with Crippen molar-refractivity contribution >= 4 is 46.6 Å². The van der Waals surface area contributed by atoms with Crippen LogP contribution in [0.15, 0.2) is 35.3 Å². The predicted octanol–water partition coefficient (Wildman–Crippen LogP) is 2.89. The highest BCUT2D eigenvalue weighted by Crippen LogP contribution is 2.19. The maximum atomic E-state index is 5.73. The summed E-state index contributed by atoms with van der Waals surface area (Å²) in [5.41, 5.74) is 0. The van der Waals surface area contributed by atoms with Crippen LogP contribution in [0.5, 0.6) is 5.75 Å². The zero-order valence-electron chi connectivity index (χ0n) is 16.5. The van der Waals surface area contributed by atoms with Gasteiger partial charge in [0.25, 0.3) is 0 Å². The number of para-hydroxylation sites is 1. The number of benzene rings is 1. The lowest BCUT2D eigenvalue weighted by atomic mass is 10.3. The molecule has 0 aliphatic carbocycles. The summed E-state index contributed by atoms with van der Waals surface area (Å²) >= 11 is 1.50. The van der Waals surface area contributed by atoms with E-state index in [1.54, 1.807) is 0 Å². The minimum absolute atomic E-state index is 0. The summed E-state index contributed by atoms with van der Waals surface area (Å²) < 4.78 is 10.1. The number of nitrogens with zero attached hydrogens (tertiary/aromatic N) is 5. The van der Waals surface area contributed by atoms with E-state index in [-0.39, 0.29) is 24.0 Å². The van der Waals surface area contributed by atoms with Gasteiger partial charge in [-0.05, 0) is 18.6 Å². The van der Waals surface area contributed by atoms with Crippen molar-refractivity contribution in [2.24, 2.45) is 4.99 Å². The topological polar surface area (TPSA) is 65.9 Å². The van der Waals surface area contributed by atoms with E-state index in [9.17, 15) is 0 Å². The molecule has 1 aromatic heterocycles. The number of piperazine rings is 1. The van der Waals surface area contributed by atoms with Crippen LogP contribution in [-0.4, -0.2) is 66.6 Å². The van der Waals surface area contributed by atoms with E-state index in [1.165, 1.54) is 11.5 Å². The van der Waals surface area contributed by atoms with Crippen molar-refractivity contribution in [3.05, 3.63) is 36.2 Å². The first-order valence-electron chi connectivity index (χ1n) is 9.51. The second kappa shape index (κ2) is 12.1. The number of anilines is 1. The number of aliphatic imine (C=N–C) groups is 1. The van der Waals surface area contributed by atoms with Gasteiger partial charge < -0.3 is 19.9 Å². The van der Waals surface area contributed by atoms with Crippen molar-refractivity contribution in [1.29, 1.82) is 0 Å². The number of aromatic nitrogens is 2. The van der Waals surface area contributed by atoms with Crippen LogP contribution in [0.4, 0.5) is 5.13 Å². The zero-order valence-corrected chi connectivity index (χ0v) is 19.7. The molecule has 0 bridgehead atoms. The molecule has 7 nitrogen and oxygen atoms in total. The molecule has 0 radical (unpaired) electrons. The summed E-state index contributed by atoms with van der Waals surface area (Å²) in [5, 5.41) is 4.48. The third kappa shape index (κ3) is 6.47. The summed E-state index contributed by atoms with van der Waals surface area (Å²) in [4.78, 5) is 13.6. The van der Waals surface area contributed by atoms with Crippen molar-refractivity contribution < 1.29 is 4.74 Å². The molecule has 1 aliphatic heterocycles. The molecule has 0 spiro atoms. The fourth-order valence-electron chi connectivity index (χ4n) is 2.94. The molecule has 3 rings (SSSR count). The third-order valence-electron chi connectivity index (χ3n) is 4.45. The fraction of sp³-hybridized carbons (Fsp3) is 0.526. The van der Waals surface area contributed by atoms with Crippen molar-refractivity contribution in [3.8, 4) is 5.75 Å². The summed E-state index contributed by atoms with van der Waals surface area (Å²) in [6.07, 6.45) is 1.82. The molecule has 9 heteroatoms. The van der Waals surface area contributed by atoms with Gasteiger partial charge in [0.1, 0.15) is 11.6 Å². The van der Waals surface area contributed by atoms with Crippen LogP contribution < -0.4 is 15.0 Å². The van der Waals surface area contributed by atoms with Gasteiger partial charge in [-0.15, -0.1) is 24.0 Å². The summed E-state index contributed by atoms with van der Waals surface area (Å²) in [6, 6.07) is 9.92. The van der Waals surface area contributed by atoms with Crippen molar-refractivity contribution in [1.82, 2.24) is 19.6 Å². The van der Waals surface area contributed by atoms with E-state index in [4.69, 9.17) is 4.74 Å². The van der Waals surface area contributed by atoms with Crippen molar-refractivity contribution in [3.63, 3.8) is 0 Å². The van der Waals surface area contributed by atoms with Gasteiger partial charge in [0.2, 0.25) is 5.13 Å². The number of halogens is 1. The highest BCUT2D eigenvalue weighted by molar-refractivity contribution is 14.0. The first-order valence-corrected chi connectivity index (χ1v) is 10.3. The Morgan fingerprint density at radius 3 is 2.61 bits per heavy atom. The van der Waals surface area contributed by atoms with Crippen LogP contribution in [0.25, 0.3) is 0 Å². The van der Waals surface area contributed by atoms with E-state index in [0.717, 1.165) is 68.2 Å². The van der Waals surface area contributed by atoms with Gasteiger partial charge in [0.15, 0.2) is 5.96 Å². The molecule has 1 aromatic carbocycles. The van der Waals surface area contributed by atoms with Crippen LogP contribution in [0.1, 0.15) is 19.2 Å². The Morgan fingerprint density at radius 2 is 1.96 bits per heavy atom. The number of rotatable bonds is 7. The molecular formula is C19H29IN6OS. The maximum Gasteiger partial charge on any atom is 0.205 e. The number of hydrogen-bond acceptors (Lipinski definition) is 6. The van der Waals surface area contributed by atoms with E-state index in [0.29, 0.717) is 6.61 Å². The van der Waals surface area contributed by atoms with E-state index >= 15 is 0 Å². The average molecular weight is 516 g/mol. The summed E-state index contributed by atoms with van der Waals surface area (Å²) in [5.74, 6) is 2.81. The van der Waals surface area contributed by atoms with Crippen LogP contribution >= 0.6 is 35.5 Å². The van der Waals surface area contributed by atoms with Gasteiger partial charge in [0.05, 0.1) is 6.61 Å². The summed E-state index contributed by atoms with van der Waals surface area (Å²) in [7, 11) is 1.84. The quantitative estimate of drug-likeness (QED) is 0.264.